The Labute approximate surface area is 172 Å². The van der Waals surface area contributed by atoms with Crippen LogP contribution in [0.25, 0.3) is 0 Å². The molecule has 0 spiro atoms. The molecule has 0 bridgehead atoms. The molecule has 0 radical (unpaired) electrons. The topological polar surface area (TPSA) is 58.6 Å². The molecule has 4 rings (SSSR count). The molecule has 2 atom stereocenters. The predicted octanol–water partition coefficient (Wildman–Crippen LogP) is 4.60. The van der Waals surface area contributed by atoms with Crippen LogP contribution in [0.5, 0.6) is 5.75 Å². The Morgan fingerprint density at radius 3 is 2.79 bits per heavy atom. The average molecular weight is 392 g/mol. The molecule has 29 heavy (non-hydrogen) atoms. The summed E-state index contributed by atoms with van der Waals surface area (Å²) < 4.78 is 5.89. The lowest BCUT2D eigenvalue weighted by Crippen LogP contribution is -2.45. The number of piperidine rings is 1. The largest absolute Gasteiger partial charge is 0.493 e. The van der Waals surface area contributed by atoms with Crippen molar-refractivity contribution >= 4 is 17.5 Å². The third-order valence-corrected chi connectivity index (χ3v) is 6.00. The Morgan fingerprint density at radius 2 is 2.00 bits per heavy atom. The second kappa shape index (κ2) is 8.68. The summed E-state index contributed by atoms with van der Waals surface area (Å²) in [6, 6.07) is 15.4. The number of hydrogen-bond acceptors (Lipinski definition) is 3. The van der Waals surface area contributed by atoms with Crippen LogP contribution in [-0.4, -0.2) is 35.9 Å². The number of rotatable bonds is 4. The van der Waals surface area contributed by atoms with Gasteiger partial charge in [-0.3, -0.25) is 9.59 Å². The molecule has 2 amide bonds. The van der Waals surface area contributed by atoms with Gasteiger partial charge in [0.15, 0.2) is 0 Å². The Kier molecular flexibility index (Phi) is 5.84. The van der Waals surface area contributed by atoms with Crippen LogP contribution in [-0.2, 0) is 4.79 Å². The van der Waals surface area contributed by atoms with Gasteiger partial charge in [-0.25, -0.2) is 0 Å². The van der Waals surface area contributed by atoms with Gasteiger partial charge in [-0.2, -0.15) is 0 Å². The van der Waals surface area contributed by atoms with E-state index in [9.17, 15) is 9.59 Å². The van der Waals surface area contributed by atoms with E-state index in [2.05, 4.69) is 5.32 Å². The fraction of sp³-hybridized carbons (Fsp3) is 0.417. The summed E-state index contributed by atoms with van der Waals surface area (Å²) in [6.45, 7) is 3.41. The van der Waals surface area contributed by atoms with E-state index < -0.39 is 0 Å². The molecule has 2 aromatic carbocycles. The fourth-order valence-corrected chi connectivity index (χ4v) is 4.42. The predicted molar refractivity (Wildman–Crippen MR) is 113 cm³/mol. The summed E-state index contributed by atoms with van der Waals surface area (Å²) in [6.07, 6.45) is 4.83. The van der Waals surface area contributed by atoms with Crippen LogP contribution in [0.3, 0.4) is 0 Å². The van der Waals surface area contributed by atoms with Gasteiger partial charge in [0.2, 0.25) is 5.91 Å². The normalized spacial score (nSPS) is 19.8. The molecule has 2 heterocycles. The van der Waals surface area contributed by atoms with Crippen molar-refractivity contribution in [2.24, 2.45) is 0 Å². The van der Waals surface area contributed by atoms with Crippen molar-refractivity contribution in [3.8, 4) is 5.75 Å². The molecule has 2 aromatic rings. The van der Waals surface area contributed by atoms with E-state index in [4.69, 9.17) is 4.74 Å². The maximum atomic E-state index is 13.2. The van der Waals surface area contributed by atoms with Crippen LogP contribution in [0.1, 0.15) is 60.9 Å². The number of amides is 2. The first-order valence-corrected chi connectivity index (χ1v) is 10.6. The Balaban J connectivity index is 1.57. The average Bonchev–Trinajstić information content (AvgIpc) is 2.75. The van der Waals surface area contributed by atoms with Gasteiger partial charge in [-0.15, -0.1) is 0 Å². The zero-order chi connectivity index (χ0) is 20.2. The minimum atomic E-state index is -0.225. The maximum absolute atomic E-state index is 13.2. The minimum Gasteiger partial charge on any atom is -0.493 e. The summed E-state index contributed by atoms with van der Waals surface area (Å²) >= 11 is 0. The summed E-state index contributed by atoms with van der Waals surface area (Å²) in [5.74, 6) is 0.327. The van der Waals surface area contributed by atoms with Crippen molar-refractivity contribution in [1.82, 2.24) is 4.90 Å². The number of nitrogens with one attached hydrogen (secondary N) is 1. The minimum absolute atomic E-state index is 0.00981. The van der Waals surface area contributed by atoms with Gasteiger partial charge < -0.3 is 15.0 Å². The standard InChI is InChI=1S/C24H28N2O3/c1-2-20(17-8-4-3-5-9-17)23(27)25-18-11-12-22-21(16-18)24(28)26-14-7-6-10-19(26)13-15-29-22/h3-5,8-9,11-12,16,19-20H,2,6-7,10,13-15H2,1H3,(H,25,27)/t19-,20-/m0/s1. The van der Waals surface area contributed by atoms with Crippen molar-refractivity contribution in [3.63, 3.8) is 0 Å². The highest BCUT2D eigenvalue weighted by molar-refractivity contribution is 6.01. The van der Waals surface area contributed by atoms with E-state index in [1.807, 2.05) is 48.2 Å². The Hall–Kier alpha value is -2.82. The molecule has 0 aromatic heterocycles. The molecule has 5 heteroatoms. The zero-order valence-electron chi connectivity index (χ0n) is 16.9. The van der Waals surface area contributed by atoms with Crippen molar-refractivity contribution < 1.29 is 14.3 Å². The van der Waals surface area contributed by atoms with Crippen LogP contribution >= 0.6 is 0 Å². The van der Waals surface area contributed by atoms with Gasteiger partial charge in [0.05, 0.1) is 18.1 Å². The van der Waals surface area contributed by atoms with Crippen LogP contribution in [0.15, 0.2) is 48.5 Å². The summed E-state index contributed by atoms with van der Waals surface area (Å²) in [7, 11) is 0. The van der Waals surface area contributed by atoms with E-state index >= 15 is 0 Å². The van der Waals surface area contributed by atoms with Crippen LogP contribution in [0, 0.1) is 0 Å². The van der Waals surface area contributed by atoms with E-state index in [0.717, 1.165) is 37.8 Å². The van der Waals surface area contributed by atoms with Gasteiger partial charge in [-0.1, -0.05) is 37.3 Å². The van der Waals surface area contributed by atoms with Crippen molar-refractivity contribution in [2.45, 2.75) is 51.0 Å². The molecule has 2 aliphatic heterocycles. The first kappa shape index (κ1) is 19.5. The van der Waals surface area contributed by atoms with Gasteiger partial charge in [-0.05, 0) is 49.4 Å². The van der Waals surface area contributed by atoms with Crippen LogP contribution < -0.4 is 10.1 Å². The van der Waals surface area contributed by atoms with Crippen molar-refractivity contribution in [1.29, 1.82) is 0 Å². The third kappa shape index (κ3) is 4.14. The first-order chi connectivity index (χ1) is 14.2. The zero-order valence-corrected chi connectivity index (χ0v) is 16.9. The number of fused-ring (bicyclic) bond motifs is 2. The van der Waals surface area contributed by atoms with Gasteiger partial charge >= 0.3 is 0 Å². The molecule has 1 N–H and O–H groups in total. The molecule has 5 nitrogen and oxygen atoms in total. The Bertz CT molecular complexity index is 881. The van der Waals surface area contributed by atoms with E-state index in [1.54, 1.807) is 12.1 Å². The number of anilines is 1. The van der Waals surface area contributed by atoms with E-state index in [0.29, 0.717) is 30.0 Å². The molecule has 1 saturated heterocycles. The number of hydrogen-bond donors (Lipinski definition) is 1. The second-order valence-corrected chi connectivity index (χ2v) is 7.86. The summed E-state index contributed by atoms with van der Waals surface area (Å²) in [5.41, 5.74) is 2.17. The van der Waals surface area contributed by atoms with Gasteiger partial charge in [0.25, 0.3) is 5.91 Å². The molecule has 152 valence electrons. The molecule has 2 aliphatic rings. The number of carbonyl (C=O) groups excluding carboxylic acids is 2. The Morgan fingerprint density at radius 1 is 1.17 bits per heavy atom. The van der Waals surface area contributed by atoms with E-state index in [-0.39, 0.29) is 23.8 Å². The number of nitrogens with zero attached hydrogens (tertiary/aromatic N) is 1. The van der Waals surface area contributed by atoms with E-state index in [1.165, 1.54) is 0 Å². The van der Waals surface area contributed by atoms with Crippen molar-refractivity contribution in [3.05, 3.63) is 59.7 Å². The molecule has 0 saturated carbocycles. The lowest BCUT2D eigenvalue weighted by atomic mass is 9.95. The maximum Gasteiger partial charge on any atom is 0.257 e. The second-order valence-electron chi connectivity index (χ2n) is 7.86. The first-order valence-electron chi connectivity index (χ1n) is 10.6. The van der Waals surface area contributed by atoms with Gasteiger partial charge in [0.1, 0.15) is 5.75 Å². The molecular weight excluding hydrogens is 364 g/mol. The molecule has 0 aliphatic carbocycles. The third-order valence-electron chi connectivity index (χ3n) is 6.00. The molecule has 1 fully saturated rings. The molecular formula is C24H28N2O3. The number of carbonyl (C=O) groups is 2. The highest BCUT2D eigenvalue weighted by Gasteiger charge is 2.31. The highest BCUT2D eigenvalue weighted by Crippen LogP contribution is 2.31. The quantitative estimate of drug-likeness (QED) is 0.827. The molecule has 0 unspecified atom stereocenters. The highest BCUT2D eigenvalue weighted by atomic mass is 16.5. The van der Waals surface area contributed by atoms with Crippen LogP contribution in [0.4, 0.5) is 5.69 Å². The lowest BCUT2D eigenvalue weighted by molar-refractivity contribution is -0.117. The van der Waals surface area contributed by atoms with Gasteiger partial charge in [0, 0.05) is 24.7 Å². The van der Waals surface area contributed by atoms with Crippen LogP contribution in [0.2, 0.25) is 0 Å². The number of ether oxygens (including phenoxy) is 1. The monoisotopic (exact) mass is 392 g/mol. The summed E-state index contributed by atoms with van der Waals surface area (Å²) in [5, 5.41) is 3.00. The summed E-state index contributed by atoms with van der Waals surface area (Å²) in [4.78, 5) is 28.1. The smallest absolute Gasteiger partial charge is 0.257 e. The fourth-order valence-electron chi connectivity index (χ4n) is 4.42. The van der Waals surface area contributed by atoms with Crippen molar-refractivity contribution in [2.75, 3.05) is 18.5 Å². The lowest BCUT2D eigenvalue weighted by Gasteiger charge is -2.37. The number of benzene rings is 2. The SMILES string of the molecule is CC[C@H](C(=O)Nc1ccc2c(c1)C(=O)N1CCCC[C@H]1CCO2)c1ccccc1.